The van der Waals surface area contributed by atoms with Gasteiger partial charge in [0.15, 0.2) is 0 Å². The summed E-state index contributed by atoms with van der Waals surface area (Å²) in [6.07, 6.45) is 2.36. The lowest BCUT2D eigenvalue weighted by Crippen LogP contribution is -2.33. The predicted octanol–water partition coefficient (Wildman–Crippen LogP) is 4.58. The van der Waals surface area contributed by atoms with Crippen LogP contribution in [0.2, 0.25) is 0 Å². The van der Waals surface area contributed by atoms with E-state index in [9.17, 15) is 0 Å². The monoisotopic (exact) mass is 311 g/mol. The number of benzene rings is 2. The number of aryl methyl sites for hydroxylation is 2. The van der Waals surface area contributed by atoms with Crippen molar-refractivity contribution in [1.82, 2.24) is 4.90 Å². The van der Waals surface area contributed by atoms with Gasteiger partial charge in [0.1, 0.15) is 11.9 Å². The summed E-state index contributed by atoms with van der Waals surface area (Å²) in [5.74, 6) is 0.966. The summed E-state index contributed by atoms with van der Waals surface area (Å²) >= 11 is 0. The molecule has 1 atom stereocenters. The molecule has 2 rings (SSSR count). The normalized spacial score (nSPS) is 12.3. The minimum atomic E-state index is 0.213. The van der Waals surface area contributed by atoms with Crippen LogP contribution in [0.4, 0.5) is 0 Å². The summed E-state index contributed by atoms with van der Waals surface area (Å²) in [5, 5.41) is 0. The third-order valence-electron chi connectivity index (χ3n) is 4.22. The molecule has 0 aliphatic heterocycles. The van der Waals surface area contributed by atoms with Crippen molar-refractivity contribution in [2.45, 2.75) is 39.7 Å². The fraction of sp³-hybridized carbons (Fsp3) is 0.429. The first-order valence-electron chi connectivity index (χ1n) is 8.73. The molecule has 23 heavy (non-hydrogen) atoms. The van der Waals surface area contributed by atoms with E-state index in [1.165, 1.54) is 11.1 Å². The van der Waals surface area contributed by atoms with Crippen molar-refractivity contribution in [3.8, 4) is 5.75 Å². The van der Waals surface area contributed by atoms with Gasteiger partial charge >= 0.3 is 0 Å². The van der Waals surface area contributed by atoms with E-state index < -0.39 is 0 Å². The van der Waals surface area contributed by atoms with E-state index in [2.05, 4.69) is 80.3 Å². The third kappa shape index (κ3) is 6.07. The Morgan fingerprint density at radius 2 is 1.39 bits per heavy atom. The molecule has 0 saturated heterocycles. The second-order valence-corrected chi connectivity index (χ2v) is 6.04. The predicted molar refractivity (Wildman–Crippen MR) is 98.2 cm³/mol. The number of ether oxygens (including phenoxy) is 1. The maximum atomic E-state index is 6.02. The molecule has 2 nitrogen and oxygen atoms in total. The molecule has 2 aromatic carbocycles. The van der Waals surface area contributed by atoms with Gasteiger partial charge in [0, 0.05) is 6.54 Å². The molecule has 0 spiro atoms. The van der Waals surface area contributed by atoms with Crippen LogP contribution in [0.15, 0.2) is 54.6 Å². The van der Waals surface area contributed by atoms with Crippen molar-refractivity contribution < 1.29 is 4.74 Å². The van der Waals surface area contributed by atoms with Crippen LogP contribution in [0.1, 0.15) is 31.9 Å². The summed E-state index contributed by atoms with van der Waals surface area (Å²) in [4.78, 5) is 2.39. The zero-order valence-electron chi connectivity index (χ0n) is 14.7. The number of rotatable bonds is 9. The minimum Gasteiger partial charge on any atom is -0.489 e. The van der Waals surface area contributed by atoms with Crippen LogP contribution < -0.4 is 4.74 Å². The molecule has 1 unspecified atom stereocenters. The smallest absolute Gasteiger partial charge is 0.119 e. The lowest BCUT2D eigenvalue weighted by atomic mass is 10.0. The average Bonchev–Trinajstić information content (AvgIpc) is 2.60. The van der Waals surface area contributed by atoms with Crippen molar-refractivity contribution >= 4 is 0 Å². The summed E-state index contributed by atoms with van der Waals surface area (Å²) in [6.45, 7) is 9.64. The van der Waals surface area contributed by atoms with Crippen LogP contribution in [-0.2, 0) is 12.8 Å². The molecule has 0 heterocycles. The Morgan fingerprint density at radius 1 is 0.826 bits per heavy atom. The van der Waals surface area contributed by atoms with Crippen molar-refractivity contribution in [1.29, 1.82) is 0 Å². The number of nitrogens with zero attached hydrogens (tertiary/aromatic N) is 1. The van der Waals surface area contributed by atoms with Gasteiger partial charge in [-0.3, -0.25) is 0 Å². The lowest BCUT2D eigenvalue weighted by Gasteiger charge is -2.23. The van der Waals surface area contributed by atoms with Gasteiger partial charge in [-0.15, -0.1) is 0 Å². The molecule has 0 aromatic heterocycles. The van der Waals surface area contributed by atoms with E-state index in [-0.39, 0.29) is 6.10 Å². The maximum absolute atomic E-state index is 6.02. The van der Waals surface area contributed by atoms with E-state index in [1.807, 2.05) is 0 Å². The molecule has 0 N–H and O–H groups in total. The average molecular weight is 311 g/mol. The first-order valence-corrected chi connectivity index (χ1v) is 8.73. The SMILES string of the molecule is CCN(CC)CC(C)Oc1ccc(CCc2ccccc2)cc1. The van der Waals surface area contributed by atoms with Gasteiger partial charge in [0.2, 0.25) is 0 Å². The van der Waals surface area contributed by atoms with E-state index in [1.54, 1.807) is 0 Å². The molecule has 0 fully saturated rings. The van der Waals surface area contributed by atoms with E-state index in [4.69, 9.17) is 4.74 Å². The van der Waals surface area contributed by atoms with E-state index in [0.29, 0.717) is 0 Å². The Kier molecular flexibility index (Phi) is 7.15. The summed E-state index contributed by atoms with van der Waals surface area (Å²) in [7, 11) is 0. The highest BCUT2D eigenvalue weighted by Gasteiger charge is 2.08. The molecule has 0 saturated carbocycles. The summed E-state index contributed by atoms with van der Waals surface area (Å²) in [6, 6.07) is 19.2. The Bertz CT molecular complexity index is 546. The molecule has 0 amide bonds. The molecule has 0 aliphatic rings. The Balaban J connectivity index is 1.82. The van der Waals surface area contributed by atoms with Crippen molar-refractivity contribution in [2.75, 3.05) is 19.6 Å². The van der Waals surface area contributed by atoms with Crippen molar-refractivity contribution in [3.63, 3.8) is 0 Å². The first-order chi connectivity index (χ1) is 11.2. The Morgan fingerprint density at radius 3 is 1.96 bits per heavy atom. The first kappa shape index (κ1) is 17.6. The highest BCUT2D eigenvalue weighted by atomic mass is 16.5. The number of hydrogen-bond donors (Lipinski definition) is 0. The van der Waals surface area contributed by atoms with Crippen molar-refractivity contribution in [3.05, 3.63) is 65.7 Å². The molecule has 0 radical (unpaired) electrons. The Labute approximate surface area is 141 Å². The lowest BCUT2D eigenvalue weighted by molar-refractivity contribution is 0.153. The van der Waals surface area contributed by atoms with Crippen LogP contribution in [-0.4, -0.2) is 30.6 Å². The molecule has 0 bridgehead atoms. The summed E-state index contributed by atoms with van der Waals surface area (Å²) < 4.78 is 6.02. The number of hydrogen-bond acceptors (Lipinski definition) is 2. The second-order valence-electron chi connectivity index (χ2n) is 6.04. The fourth-order valence-electron chi connectivity index (χ4n) is 2.78. The van der Waals surface area contributed by atoms with Crippen LogP contribution in [0, 0.1) is 0 Å². The van der Waals surface area contributed by atoms with Gasteiger partial charge in [0.25, 0.3) is 0 Å². The highest BCUT2D eigenvalue weighted by Crippen LogP contribution is 2.16. The van der Waals surface area contributed by atoms with Crippen LogP contribution in [0.3, 0.4) is 0 Å². The molecule has 2 heteroatoms. The standard InChI is InChI=1S/C21H29NO/c1-4-22(5-2)17-18(3)23-21-15-13-20(14-16-21)12-11-19-9-7-6-8-10-19/h6-10,13-16,18H,4-5,11-12,17H2,1-3H3. The second kappa shape index (κ2) is 9.36. The topological polar surface area (TPSA) is 12.5 Å². The van der Waals surface area contributed by atoms with Gasteiger partial charge in [0.05, 0.1) is 0 Å². The van der Waals surface area contributed by atoms with E-state index >= 15 is 0 Å². The maximum Gasteiger partial charge on any atom is 0.119 e. The quantitative estimate of drug-likeness (QED) is 0.672. The third-order valence-corrected chi connectivity index (χ3v) is 4.22. The van der Waals surface area contributed by atoms with Gasteiger partial charge in [-0.1, -0.05) is 56.3 Å². The Hall–Kier alpha value is -1.80. The fourth-order valence-corrected chi connectivity index (χ4v) is 2.78. The van der Waals surface area contributed by atoms with Crippen LogP contribution in [0.5, 0.6) is 5.75 Å². The van der Waals surface area contributed by atoms with Gasteiger partial charge in [-0.25, -0.2) is 0 Å². The summed E-state index contributed by atoms with van der Waals surface area (Å²) in [5.41, 5.74) is 2.75. The molecule has 2 aromatic rings. The molecular formula is C21H29NO. The molecule has 0 aliphatic carbocycles. The number of likely N-dealkylation sites (N-methyl/N-ethyl adjacent to an activating group) is 1. The highest BCUT2D eigenvalue weighted by molar-refractivity contribution is 5.28. The van der Waals surface area contributed by atoms with Crippen molar-refractivity contribution in [2.24, 2.45) is 0 Å². The largest absolute Gasteiger partial charge is 0.489 e. The molecular weight excluding hydrogens is 282 g/mol. The van der Waals surface area contributed by atoms with Gasteiger partial charge in [-0.2, -0.15) is 0 Å². The van der Waals surface area contributed by atoms with Crippen LogP contribution >= 0.6 is 0 Å². The van der Waals surface area contributed by atoms with Gasteiger partial charge < -0.3 is 9.64 Å². The van der Waals surface area contributed by atoms with Crippen LogP contribution in [0.25, 0.3) is 0 Å². The van der Waals surface area contributed by atoms with Gasteiger partial charge in [-0.05, 0) is 56.1 Å². The zero-order valence-corrected chi connectivity index (χ0v) is 14.7. The minimum absolute atomic E-state index is 0.213. The molecule has 124 valence electrons. The zero-order chi connectivity index (χ0) is 16.5. The van der Waals surface area contributed by atoms with E-state index in [0.717, 1.165) is 38.2 Å².